The van der Waals surface area contributed by atoms with Gasteiger partial charge in [0, 0.05) is 18.3 Å². The number of thiocarbonyl (C=S) groups is 1. The van der Waals surface area contributed by atoms with E-state index in [2.05, 4.69) is 50.2 Å². The summed E-state index contributed by atoms with van der Waals surface area (Å²) in [6.07, 6.45) is 2.70. The summed E-state index contributed by atoms with van der Waals surface area (Å²) < 4.78 is 0. The van der Waals surface area contributed by atoms with Gasteiger partial charge in [0.2, 0.25) is 0 Å². The summed E-state index contributed by atoms with van der Waals surface area (Å²) in [5.74, 6) is -0.496. The molecule has 4 rings (SSSR count). The third kappa shape index (κ3) is 3.73. The zero-order valence-electron chi connectivity index (χ0n) is 19.4. The Labute approximate surface area is 195 Å². The van der Waals surface area contributed by atoms with E-state index in [1.807, 2.05) is 38.1 Å². The molecule has 0 bridgehead atoms. The van der Waals surface area contributed by atoms with Crippen molar-refractivity contribution in [2.24, 2.45) is 0 Å². The van der Waals surface area contributed by atoms with E-state index < -0.39 is 11.8 Å². The van der Waals surface area contributed by atoms with Crippen molar-refractivity contribution >= 4 is 46.6 Å². The number of rotatable bonds is 2. The minimum absolute atomic E-state index is 0.0771. The Balaban J connectivity index is 1.74. The molecule has 0 unspecified atom stereocenters. The van der Waals surface area contributed by atoms with Crippen molar-refractivity contribution in [1.82, 2.24) is 5.32 Å². The van der Waals surface area contributed by atoms with E-state index in [9.17, 15) is 9.59 Å². The molecule has 6 heteroatoms. The van der Waals surface area contributed by atoms with E-state index in [-0.39, 0.29) is 16.2 Å². The average Bonchev–Trinajstić information content (AvgIpc) is 2.70. The predicted molar refractivity (Wildman–Crippen MR) is 134 cm³/mol. The van der Waals surface area contributed by atoms with Crippen molar-refractivity contribution in [2.45, 2.75) is 52.5 Å². The molecule has 2 aliphatic heterocycles. The zero-order chi connectivity index (χ0) is 23.4. The highest BCUT2D eigenvalue weighted by atomic mass is 32.1. The van der Waals surface area contributed by atoms with Gasteiger partial charge in [-0.2, -0.15) is 0 Å². The average molecular weight is 448 g/mol. The zero-order valence-corrected chi connectivity index (χ0v) is 20.3. The molecule has 2 aliphatic rings. The number of benzene rings is 2. The number of carbonyl (C=O) groups excluding carboxylic acids is 2. The maximum atomic E-state index is 13.4. The lowest BCUT2D eigenvalue weighted by Crippen LogP contribution is -2.54. The lowest BCUT2D eigenvalue weighted by atomic mass is 9.80. The van der Waals surface area contributed by atoms with E-state index in [4.69, 9.17) is 12.2 Å². The normalized spacial score (nSPS) is 21.6. The number of anilines is 2. The molecule has 1 saturated heterocycles. The van der Waals surface area contributed by atoms with Crippen LogP contribution in [0.5, 0.6) is 0 Å². The van der Waals surface area contributed by atoms with Crippen LogP contribution < -0.4 is 15.1 Å². The molecule has 2 aromatic rings. The molecule has 32 heavy (non-hydrogen) atoms. The van der Waals surface area contributed by atoms with E-state index in [1.165, 1.54) is 16.2 Å². The lowest BCUT2D eigenvalue weighted by molar-refractivity contribution is -0.122. The molecular formula is C26H29N3O2S. The van der Waals surface area contributed by atoms with E-state index >= 15 is 0 Å². The molecule has 2 aromatic carbocycles. The topological polar surface area (TPSA) is 52.7 Å². The maximum absolute atomic E-state index is 13.4. The van der Waals surface area contributed by atoms with Gasteiger partial charge in [-0.1, -0.05) is 30.7 Å². The first-order chi connectivity index (χ1) is 15.0. The van der Waals surface area contributed by atoms with Gasteiger partial charge in [-0.25, -0.2) is 0 Å². The summed E-state index contributed by atoms with van der Waals surface area (Å²) in [6.45, 7) is 10.6. The number of carbonyl (C=O) groups is 2. The molecular weight excluding hydrogens is 418 g/mol. The number of fused-ring (bicyclic) bond motifs is 1. The largest absolute Gasteiger partial charge is 0.369 e. The van der Waals surface area contributed by atoms with E-state index in [0.717, 1.165) is 23.1 Å². The van der Waals surface area contributed by atoms with Crippen molar-refractivity contribution < 1.29 is 9.59 Å². The van der Waals surface area contributed by atoms with Crippen LogP contribution in [0.1, 0.15) is 55.4 Å². The number of amides is 2. The molecule has 2 amide bonds. The molecule has 0 radical (unpaired) electrons. The summed E-state index contributed by atoms with van der Waals surface area (Å²) in [5, 5.41) is 2.78. The fourth-order valence-corrected chi connectivity index (χ4v) is 5.06. The van der Waals surface area contributed by atoms with Crippen LogP contribution in [0.4, 0.5) is 11.4 Å². The van der Waals surface area contributed by atoms with Gasteiger partial charge in [0.05, 0.1) is 5.69 Å². The SMILES string of the molecule is Cc1ccc(N2C(=O)/C(=C/c3ccc4c(c3)[C@H](C)CC(C)(C)N4C)C(=O)NC2=S)c(C)c1. The van der Waals surface area contributed by atoms with Crippen LogP contribution >= 0.6 is 12.2 Å². The lowest BCUT2D eigenvalue weighted by Gasteiger charge is -2.45. The van der Waals surface area contributed by atoms with Gasteiger partial charge in [0.25, 0.3) is 11.8 Å². The molecule has 0 aliphatic carbocycles. The van der Waals surface area contributed by atoms with Crippen LogP contribution in [0.25, 0.3) is 6.08 Å². The van der Waals surface area contributed by atoms with Gasteiger partial charge in [-0.15, -0.1) is 0 Å². The molecule has 1 N–H and O–H groups in total. The van der Waals surface area contributed by atoms with Crippen molar-refractivity contribution in [1.29, 1.82) is 0 Å². The van der Waals surface area contributed by atoms with E-state index in [1.54, 1.807) is 6.08 Å². The molecule has 1 fully saturated rings. The molecule has 1 atom stereocenters. The molecule has 5 nitrogen and oxygen atoms in total. The van der Waals surface area contributed by atoms with Gasteiger partial charge >= 0.3 is 0 Å². The van der Waals surface area contributed by atoms with Gasteiger partial charge in [-0.3, -0.25) is 19.8 Å². The summed E-state index contributed by atoms with van der Waals surface area (Å²) in [6, 6.07) is 11.9. The molecule has 2 heterocycles. The number of hydrogen-bond donors (Lipinski definition) is 1. The predicted octanol–water partition coefficient (Wildman–Crippen LogP) is 4.86. The fourth-order valence-electron chi connectivity index (χ4n) is 4.78. The smallest absolute Gasteiger partial charge is 0.270 e. The standard InChI is InChI=1S/C26H29N3O2S/c1-15-7-9-21(16(2)11-15)29-24(31)20(23(30)27-25(29)32)13-18-8-10-22-19(12-18)17(3)14-26(4,5)28(22)6/h7-13,17H,14H2,1-6H3,(H,27,30,32)/b20-13+/t17-/m1/s1. The van der Waals surface area contributed by atoms with Gasteiger partial charge in [0.1, 0.15) is 5.57 Å². The molecule has 166 valence electrons. The van der Waals surface area contributed by atoms with E-state index in [0.29, 0.717) is 11.6 Å². The molecule has 0 aromatic heterocycles. The van der Waals surface area contributed by atoms with Gasteiger partial charge < -0.3 is 4.90 Å². The Morgan fingerprint density at radius 3 is 2.47 bits per heavy atom. The first-order valence-electron chi connectivity index (χ1n) is 10.9. The van der Waals surface area contributed by atoms with Crippen molar-refractivity contribution in [3.05, 3.63) is 64.2 Å². The van der Waals surface area contributed by atoms with Crippen LogP contribution in [-0.2, 0) is 9.59 Å². The van der Waals surface area contributed by atoms with Crippen LogP contribution in [0.2, 0.25) is 0 Å². The Morgan fingerprint density at radius 1 is 1.09 bits per heavy atom. The number of hydrogen-bond acceptors (Lipinski definition) is 4. The second-order valence-electron chi connectivity index (χ2n) is 9.54. The highest BCUT2D eigenvalue weighted by Gasteiger charge is 2.36. The monoisotopic (exact) mass is 447 g/mol. The first kappa shape index (κ1) is 22.2. The second kappa shape index (κ2) is 7.85. The highest BCUT2D eigenvalue weighted by Crippen LogP contribution is 2.42. The maximum Gasteiger partial charge on any atom is 0.270 e. The fraction of sp³-hybridized carbons (Fsp3) is 0.346. The summed E-state index contributed by atoms with van der Waals surface area (Å²) >= 11 is 5.34. The summed E-state index contributed by atoms with van der Waals surface area (Å²) in [4.78, 5) is 29.8. The Kier molecular flexibility index (Phi) is 5.45. The molecule has 0 saturated carbocycles. The van der Waals surface area contributed by atoms with Crippen molar-refractivity contribution in [3.63, 3.8) is 0 Å². The quantitative estimate of drug-likeness (QED) is 0.406. The first-order valence-corrected chi connectivity index (χ1v) is 11.3. The van der Waals surface area contributed by atoms with Crippen LogP contribution in [-0.4, -0.2) is 29.5 Å². The Bertz CT molecular complexity index is 1180. The minimum Gasteiger partial charge on any atom is -0.369 e. The Morgan fingerprint density at radius 2 is 1.78 bits per heavy atom. The second-order valence-corrected chi connectivity index (χ2v) is 9.93. The third-order valence-electron chi connectivity index (χ3n) is 6.66. The van der Waals surface area contributed by atoms with Gasteiger partial charge in [0.15, 0.2) is 5.11 Å². The van der Waals surface area contributed by atoms with Crippen molar-refractivity contribution in [3.8, 4) is 0 Å². The number of nitrogens with one attached hydrogen (secondary N) is 1. The van der Waals surface area contributed by atoms with Crippen molar-refractivity contribution in [2.75, 3.05) is 16.8 Å². The highest BCUT2D eigenvalue weighted by molar-refractivity contribution is 7.80. The van der Waals surface area contributed by atoms with Crippen LogP contribution in [0.3, 0.4) is 0 Å². The summed E-state index contributed by atoms with van der Waals surface area (Å²) in [5.41, 5.74) is 6.10. The third-order valence-corrected chi connectivity index (χ3v) is 6.95. The summed E-state index contributed by atoms with van der Waals surface area (Å²) in [7, 11) is 2.11. The number of aryl methyl sites for hydroxylation is 2. The van der Waals surface area contributed by atoms with Crippen LogP contribution in [0.15, 0.2) is 42.0 Å². The minimum atomic E-state index is -0.468. The van der Waals surface area contributed by atoms with Gasteiger partial charge in [-0.05, 0) is 93.2 Å². The Hall–Kier alpha value is -2.99. The molecule has 0 spiro atoms. The van der Waals surface area contributed by atoms with Crippen LogP contribution in [0, 0.1) is 13.8 Å². The number of nitrogens with zero attached hydrogens (tertiary/aromatic N) is 2.